The Labute approximate surface area is 160 Å². The van der Waals surface area contributed by atoms with E-state index in [2.05, 4.69) is 20.8 Å². The number of hydrogen-bond donors (Lipinski definition) is 2. The summed E-state index contributed by atoms with van der Waals surface area (Å²) in [5.41, 5.74) is 1.98. The fraction of sp³-hybridized carbons (Fsp3) is 0.167. The van der Waals surface area contributed by atoms with E-state index < -0.39 is 0 Å². The molecule has 0 aliphatic heterocycles. The number of benzene rings is 2. The zero-order chi connectivity index (χ0) is 18.2. The first-order valence-corrected chi connectivity index (χ1v) is 9.71. The van der Waals surface area contributed by atoms with Gasteiger partial charge in [-0.25, -0.2) is 0 Å². The van der Waals surface area contributed by atoms with Crippen LogP contribution in [0, 0.1) is 0 Å². The first-order valence-electron chi connectivity index (χ1n) is 7.91. The highest BCUT2D eigenvalue weighted by atomic mass is 32.2. The highest BCUT2D eigenvalue weighted by Gasteiger charge is 2.08. The van der Waals surface area contributed by atoms with Crippen molar-refractivity contribution in [2.75, 3.05) is 18.2 Å². The van der Waals surface area contributed by atoms with Gasteiger partial charge in [-0.3, -0.25) is 4.79 Å². The molecule has 2 N–H and O–H groups in total. The number of nitrogens with zero attached hydrogens (tertiary/aromatic N) is 2. The Bertz CT molecular complexity index is 838. The summed E-state index contributed by atoms with van der Waals surface area (Å²) in [6.45, 7) is 0.486. The van der Waals surface area contributed by atoms with E-state index in [0.29, 0.717) is 17.4 Å². The van der Waals surface area contributed by atoms with Crippen LogP contribution < -0.4 is 15.4 Å². The molecular weight excluding hydrogens is 368 g/mol. The minimum Gasteiger partial charge on any atom is -0.497 e. The minimum absolute atomic E-state index is 0.0430. The van der Waals surface area contributed by atoms with E-state index in [0.717, 1.165) is 21.3 Å². The second-order valence-electron chi connectivity index (χ2n) is 5.28. The van der Waals surface area contributed by atoms with Gasteiger partial charge in [-0.05, 0) is 29.8 Å². The van der Waals surface area contributed by atoms with Gasteiger partial charge in [0.05, 0.1) is 12.9 Å². The van der Waals surface area contributed by atoms with Crippen molar-refractivity contribution < 1.29 is 9.53 Å². The van der Waals surface area contributed by atoms with Gasteiger partial charge in [0, 0.05) is 12.2 Å². The summed E-state index contributed by atoms with van der Waals surface area (Å²) < 4.78 is 5.87. The van der Waals surface area contributed by atoms with Crippen LogP contribution in [0.1, 0.15) is 5.56 Å². The predicted octanol–water partition coefficient (Wildman–Crippen LogP) is 3.70. The molecule has 1 aromatic heterocycles. The van der Waals surface area contributed by atoms with Gasteiger partial charge in [0.2, 0.25) is 11.0 Å². The molecule has 6 nitrogen and oxygen atoms in total. The van der Waals surface area contributed by atoms with E-state index in [1.54, 1.807) is 7.11 Å². The number of hydrogen-bond acceptors (Lipinski definition) is 7. The maximum absolute atomic E-state index is 12.0. The number of carbonyl (C=O) groups is 1. The average Bonchev–Trinajstić information content (AvgIpc) is 3.13. The van der Waals surface area contributed by atoms with E-state index in [1.807, 2.05) is 54.6 Å². The van der Waals surface area contributed by atoms with Crippen molar-refractivity contribution in [3.05, 3.63) is 60.2 Å². The van der Waals surface area contributed by atoms with Crippen LogP contribution in [0.3, 0.4) is 0 Å². The second kappa shape index (κ2) is 9.21. The van der Waals surface area contributed by atoms with Gasteiger partial charge in [0.1, 0.15) is 5.75 Å². The lowest BCUT2D eigenvalue weighted by Gasteiger charge is -2.05. The molecular formula is C18H18N4O2S2. The lowest BCUT2D eigenvalue weighted by molar-refractivity contribution is -0.118. The van der Waals surface area contributed by atoms with Crippen molar-refractivity contribution in [2.24, 2.45) is 0 Å². The number of rotatable bonds is 8. The van der Waals surface area contributed by atoms with Gasteiger partial charge in [-0.15, -0.1) is 10.2 Å². The van der Waals surface area contributed by atoms with Crippen molar-refractivity contribution in [3.63, 3.8) is 0 Å². The Morgan fingerprint density at radius 1 is 1.12 bits per heavy atom. The normalized spacial score (nSPS) is 10.3. The van der Waals surface area contributed by atoms with Gasteiger partial charge in [-0.2, -0.15) is 0 Å². The largest absolute Gasteiger partial charge is 0.497 e. The Morgan fingerprint density at radius 2 is 1.88 bits per heavy atom. The van der Waals surface area contributed by atoms with Crippen LogP contribution in [0.25, 0.3) is 0 Å². The molecule has 0 radical (unpaired) electrons. The number of aromatic nitrogens is 2. The van der Waals surface area contributed by atoms with Crippen molar-refractivity contribution in [2.45, 2.75) is 10.9 Å². The third-order valence-electron chi connectivity index (χ3n) is 3.41. The summed E-state index contributed by atoms with van der Waals surface area (Å²) in [5.74, 6) is 1.06. The fourth-order valence-electron chi connectivity index (χ4n) is 2.09. The Kier molecular flexibility index (Phi) is 6.45. The molecule has 0 aliphatic carbocycles. The molecule has 2 aromatic carbocycles. The second-order valence-corrected chi connectivity index (χ2v) is 7.48. The van der Waals surface area contributed by atoms with Crippen LogP contribution in [-0.4, -0.2) is 29.0 Å². The van der Waals surface area contributed by atoms with Crippen LogP contribution in [0.5, 0.6) is 5.75 Å². The van der Waals surface area contributed by atoms with Crippen LogP contribution in [0.4, 0.5) is 10.8 Å². The first kappa shape index (κ1) is 18.2. The van der Waals surface area contributed by atoms with Crippen LogP contribution in [0.2, 0.25) is 0 Å². The maximum atomic E-state index is 12.0. The predicted molar refractivity (Wildman–Crippen MR) is 105 cm³/mol. The van der Waals surface area contributed by atoms with Gasteiger partial charge in [0.25, 0.3) is 0 Å². The van der Waals surface area contributed by atoms with Crippen molar-refractivity contribution in [3.8, 4) is 5.75 Å². The lowest BCUT2D eigenvalue weighted by Crippen LogP contribution is -2.24. The highest BCUT2D eigenvalue weighted by Crippen LogP contribution is 2.27. The quantitative estimate of drug-likeness (QED) is 0.575. The van der Waals surface area contributed by atoms with Gasteiger partial charge in [0.15, 0.2) is 4.34 Å². The smallest absolute Gasteiger partial charge is 0.230 e. The molecule has 1 heterocycles. The number of para-hydroxylation sites is 1. The Morgan fingerprint density at radius 3 is 2.62 bits per heavy atom. The number of carbonyl (C=O) groups excluding carboxylic acids is 1. The van der Waals surface area contributed by atoms with Crippen LogP contribution in [0.15, 0.2) is 58.9 Å². The standard InChI is InChI=1S/C18H18N4O2S2/c1-24-15-9-7-13(8-10-15)11-19-16(23)12-25-18-22-21-17(26-18)20-14-5-3-2-4-6-14/h2-10H,11-12H2,1H3,(H,19,23)(H,20,21). The molecule has 3 aromatic rings. The molecule has 0 aliphatic rings. The number of anilines is 2. The average molecular weight is 387 g/mol. The van der Waals surface area contributed by atoms with E-state index in [1.165, 1.54) is 23.1 Å². The Hall–Kier alpha value is -2.58. The Balaban J connectivity index is 1.42. The van der Waals surface area contributed by atoms with E-state index in [9.17, 15) is 4.79 Å². The van der Waals surface area contributed by atoms with Crippen molar-refractivity contribution >= 4 is 39.8 Å². The van der Waals surface area contributed by atoms with Crippen molar-refractivity contribution in [1.29, 1.82) is 0 Å². The molecule has 26 heavy (non-hydrogen) atoms. The van der Waals surface area contributed by atoms with Crippen molar-refractivity contribution in [1.82, 2.24) is 15.5 Å². The monoisotopic (exact) mass is 386 g/mol. The summed E-state index contributed by atoms with van der Waals surface area (Å²) in [5, 5.41) is 15.0. The molecule has 0 saturated carbocycles. The molecule has 0 unspecified atom stereocenters. The van der Waals surface area contributed by atoms with Gasteiger partial charge >= 0.3 is 0 Å². The van der Waals surface area contributed by atoms with Crippen LogP contribution >= 0.6 is 23.1 Å². The number of nitrogens with one attached hydrogen (secondary N) is 2. The van der Waals surface area contributed by atoms with E-state index in [4.69, 9.17) is 4.74 Å². The summed E-state index contributed by atoms with van der Waals surface area (Å²) in [6, 6.07) is 17.4. The van der Waals surface area contributed by atoms with E-state index >= 15 is 0 Å². The summed E-state index contributed by atoms with van der Waals surface area (Å²) in [7, 11) is 1.63. The maximum Gasteiger partial charge on any atom is 0.230 e. The van der Waals surface area contributed by atoms with Gasteiger partial charge < -0.3 is 15.4 Å². The third kappa shape index (κ3) is 5.47. The number of ether oxygens (including phenoxy) is 1. The zero-order valence-electron chi connectivity index (χ0n) is 14.1. The van der Waals surface area contributed by atoms with Crippen LogP contribution in [-0.2, 0) is 11.3 Å². The summed E-state index contributed by atoms with van der Waals surface area (Å²) in [6.07, 6.45) is 0. The molecule has 0 fully saturated rings. The number of amides is 1. The van der Waals surface area contributed by atoms with E-state index in [-0.39, 0.29) is 5.91 Å². The third-order valence-corrected chi connectivity index (χ3v) is 5.38. The minimum atomic E-state index is -0.0430. The molecule has 134 valence electrons. The van der Waals surface area contributed by atoms with Gasteiger partial charge in [-0.1, -0.05) is 53.4 Å². The molecule has 0 spiro atoms. The first-order chi connectivity index (χ1) is 12.7. The fourth-order valence-corrected chi connectivity index (χ4v) is 3.69. The molecule has 0 bridgehead atoms. The molecule has 0 saturated heterocycles. The highest BCUT2D eigenvalue weighted by molar-refractivity contribution is 8.01. The number of thioether (sulfide) groups is 1. The molecule has 0 atom stereocenters. The topological polar surface area (TPSA) is 76.1 Å². The SMILES string of the molecule is COc1ccc(CNC(=O)CSc2nnc(Nc3ccccc3)s2)cc1. The number of methoxy groups -OCH3 is 1. The molecule has 3 rings (SSSR count). The lowest BCUT2D eigenvalue weighted by atomic mass is 10.2. The summed E-state index contributed by atoms with van der Waals surface area (Å²) >= 11 is 2.80. The summed E-state index contributed by atoms with van der Waals surface area (Å²) in [4.78, 5) is 12.0. The molecule has 1 amide bonds. The zero-order valence-corrected chi connectivity index (χ0v) is 15.8. The molecule has 8 heteroatoms.